The average Bonchev–Trinajstić information content (AvgIpc) is 2.50. The molecule has 0 bridgehead atoms. The van der Waals surface area contributed by atoms with Crippen LogP contribution < -0.4 is 4.90 Å². The maximum atomic E-state index is 11.2. The standard InChI is InChI=1S/C12H16N3O10S2.Y/c1-26(20,21)24-7-5-13(6-8-25-27(2,22)23)11-4-3-10(14(16)17)9-12(11)15(18)19;/h3-4H,5-8H2,1-2H3;/q-1;. The van der Waals surface area contributed by atoms with Crippen molar-refractivity contribution in [2.45, 2.75) is 0 Å². The molecule has 0 atom stereocenters. The molecule has 1 rings (SSSR count). The van der Waals surface area contributed by atoms with Crippen LogP contribution in [0.25, 0.3) is 0 Å². The molecule has 0 spiro atoms. The zero-order chi connectivity index (χ0) is 20.8. The van der Waals surface area contributed by atoms with E-state index in [0.717, 1.165) is 24.6 Å². The van der Waals surface area contributed by atoms with Crippen molar-refractivity contribution in [3.05, 3.63) is 38.4 Å². The molecule has 0 saturated heterocycles. The van der Waals surface area contributed by atoms with E-state index < -0.39 is 54.7 Å². The summed E-state index contributed by atoms with van der Waals surface area (Å²) in [5.74, 6) is 0. The Morgan fingerprint density at radius 1 is 0.964 bits per heavy atom. The van der Waals surface area contributed by atoms with Crippen molar-refractivity contribution in [1.29, 1.82) is 0 Å². The van der Waals surface area contributed by atoms with Crippen molar-refractivity contribution >= 4 is 37.3 Å². The van der Waals surface area contributed by atoms with Gasteiger partial charge in [0.15, 0.2) is 11.4 Å². The summed E-state index contributed by atoms with van der Waals surface area (Å²) in [4.78, 5) is 21.5. The molecular formula is C12H16N3O10S2Y-. The molecule has 0 heterocycles. The van der Waals surface area contributed by atoms with E-state index in [9.17, 15) is 37.1 Å². The number of nitro groups is 2. The minimum Gasteiger partial charge on any atom is -0.414 e. The average molecular weight is 515 g/mol. The minimum atomic E-state index is -3.77. The van der Waals surface area contributed by atoms with Crippen LogP contribution in [0.5, 0.6) is 0 Å². The maximum absolute atomic E-state index is 11.2. The van der Waals surface area contributed by atoms with Gasteiger partial charge < -0.3 is 4.90 Å². The summed E-state index contributed by atoms with van der Waals surface area (Å²) in [6.07, 6.45) is 1.62. The Bertz CT molecular complexity index is 882. The number of hydrogen-bond acceptors (Lipinski definition) is 11. The molecule has 0 aliphatic carbocycles. The number of anilines is 1. The Morgan fingerprint density at radius 2 is 1.43 bits per heavy atom. The summed E-state index contributed by atoms with van der Waals surface area (Å²) < 4.78 is 53.4. The molecule has 13 nitrogen and oxygen atoms in total. The summed E-state index contributed by atoms with van der Waals surface area (Å²) in [5, 5.41) is 22.0. The topological polar surface area (TPSA) is 176 Å². The van der Waals surface area contributed by atoms with Crippen LogP contribution in [-0.4, -0.2) is 65.5 Å². The molecule has 0 N–H and O–H groups in total. The summed E-state index contributed by atoms with van der Waals surface area (Å²) >= 11 is 0. The molecular weight excluding hydrogens is 499 g/mol. The Kier molecular flexibility index (Phi) is 10.6. The van der Waals surface area contributed by atoms with Crippen molar-refractivity contribution in [2.75, 3.05) is 43.7 Å². The first-order valence-corrected chi connectivity index (χ1v) is 10.7. The van der Waals surface area contributed by atoms with E-state index in [-0.39, 0.29) is 51.5 Å². The minimum absolute atomic E-state index is 0. The van der Waals surface area contributed by atoms with Gasteiger partial charge in [0.05, 0.1) is 25.7 Å². The van der Waals surface area contributed by atoms with Crippen molar-refractivity contribution < 1.29 is 67.8 Å². The van der Waals surface area contributed by atoms with E-state index in [4.69, 9.17) is 0 Å². The molecule has 0 fully saturated rings. The van der Waals surface area contributed by atoms with E-state index in [0.29, 0.717) is 0 Å². The van der Waals surface area contributed by atoms with Gasteiger partial charge in [0, 0.05) is 61.3 Å². The summed E-state index contributed by atoms with van der Waals surface area (Å²) in [6, 6.07) is 4.10. The molecule has 0 aromatic heterocycles. The van der Waals surface area contributed by atoms with Crippen LogP contribution in [0.1, 0.15) is 0 Å². The van der Waals surface area contributed by atoms with Gasteiger partial charge in [-0.15, -0.1) is 6.07 Å². The number of benzene rings is 1. The van der Waals surface area contributed by atoms with Crippen LogP contribution in [0.4, 0.5) is 17.1 Å². The normalized spacial score (nSPS) is 11.5. The number of hydrogen-bond donors (Lipinski definition) is 0. The van der Waals surface area contributed by atoms with E-state index in [1.54, 1.807) is 0 Å². The fourth-order valence-corrected chi connectivity index (χ4v) is 2.67. The van der Waals surface area contributed by atoms with E-state index in [1.807, 2.05) is 6.07 Å². The smallest absolute Gasteiger partial charge is 0.264 e. The fraction of sp³-hybridized carbons (Fsp3) is 0.500. The van der Waals surface area contributed by atoms with Crippen LogP contribution in [0.3, 0.4) is 0 Å². The van der Waals surface area contributed by atoms with Gasteiger partial charge in [-0.2, -0.15) is 16.8 Å². The first-order valence-electron chi connectivity index (χ1n) is 7.09. The second kappa shape index (κ2) is 11.1. The summed E-state index contributed by atoms with van der Waals surface area (Å²) in [6.45, 7) is -1.20. The maximum Gasteiger partial charge on any atom is 0.264 e. The molecule has 0 aliphatic heterocycles. The third-order valence-corrected chi connectivity index (χ3v) is 4.11. The zero-order valence-corrected chi connectivity index (χ0v) is 19.3. The van der Waals surface area contributed by atoms with Crippen molar-refractivity contribution in [1.82, 2.24) is 0 Å². The van der Waals surface area contributed by atoms with Gasteiger partial charge in [-0.05, 0) is 6.07 Å². The molecule has 28 heavy (non-hydrogen) atoms. The van der Waals surface area contributed by atoms with Crippen LogP contribution in [-0.2, 0) is 61.3 Å². The van der Waals surface area contributed by atoms with E-state index in [1.165, 1.54) is 4.90 Å². The van der Waals surface area contributed by atoms with Gasteiger partial charge in [0.2, 0.25) is 0 Å². The largest absolute Gasteiger partial charge is 0.414 e. The monoisotopic (exact) mass is 515 g/mol. The molecule has 0 aliphatic rings. The quantitative estimate of drug-likeness (QED) is 0.169. The molecule has 0 unspecified atom stereocenters. The second-order valence-electron chi connectivity index (χ2n) is 5.13. The third kappa shape index (κ3) is 9.79. The van der Waals surface area contributed by atoms with Crippen molar-refractivity contribution in [3.63, 3.8) is 0 Å². The number of nitro benzene ring substituents is 2. The molecule has 1 aromatic rings. The first-order chi connectivity index (χ1) is 12.3. The van der Waals surface area contributed by atoms with Crippen LogP contribution in [0.15, 0.2) is 12.1 Å². The van der Waals surface area contributed by atoms with Crippen LogP contribution in [0.2, 0.25) is 0 Å². The summed E-state index contributed by atoms with van der Waals surface area (Å²) in [7, 11) is -7.55. The molecule has 1 radical (unpaired) electrons. The van der Waals surface area contributed by atoms with E-state index in [2.05, 4.69) is 8.37 Å². The van der Waals surface area contributed by atoms with Crippen LogP contribution in [0, 0.1) is 26.3 Å². The number of non-ortho nitro benzene ring substituents is 1. The third-order valence-electron chi connectivity index (χ3n) is 2.93. The first kappa shape index (κ1) is 26.7. The van der Waals surface area contributed by atoms with Crippen molar-refractivity contribution in [3.8, 4) is 0 Å². The van der Waals surface area contributed by atoms with Gasteiger partial charge in [-0.25, -0.2) is 0 Å². The van der Waals surface area contributed by atoms with E-state index >= 15 is 0 Å². The Morgan fingerprint density at radius 3 is 1.79 bits per heavy atom. The van der Waals surface area contributed by atoms with Gasteiger partial charge in [-0.1, -0.05) is 6.07 Å². The molecule has 0 saturated carbocycles. The number of nitrogens with zero attached hydrogens (tertiary/aromatic N) is 3. The second-order valence-corrected chi connectivity index (χ2v) is 8.42. The SMILES string of the molecule is CS(=O)(=O)OCCN(CCOS(C)(=O)=O)c1ccc([N+](=O)[O-])[c-]c1[N+](=O)[O-].[Y]. The fourth-order valence-electron chi connectivity index (χ4n) is 1.92. The predicted octanol–water partition coefficient (Wildman–Crippen LogP) is 0.0595. The Labute approximate surface area is 186 Å². The van der Waals surface area contributed by atoms with Gasteiger partial charge in [-0.3, -0.25) is 28.6 Å². The molecule has 16 heteroatoms. The van der Waals surface area contributed by atoms with Crippen LogP contribution >= 0.6 is 0 Å². The summed E-state index contributed by atoms with van der Waals surface area (Å²) in [5.41, 5.74) is -1.51. The van der Waals surface area contributed by atoms with Gasteiger partial charge in [0.25, 0.3) is 20.2 Å². The Hall–Kier alpha value is -1.26. The van der Waals surface area contributed by atoms with Crippen molar-refractivity contribution in [2.24, 2.45) is 0 Å². The molecule has 155 valence electrons. The number of rotatable bonds is 11. The predicted molar refractivity (Wildman–Crippen MR) is 92.4 cm³/mol. The van der Waals surface area contributed by atoms with Gasteiger partial charge >= 0.3 is 0 Å². The zero-order valence-electron chi connectivity index (χ0n) is 14.8. The van der Waals surface area contributed by atoms with Gasteiger partial charge in [0.1, 0.15) is 0 Å². The molecule has 1 aromatic carbocycles. The molecule has 0 amide bonds. The Balaban J connectivity index is 0.00000729.